The molecule has 2 rings (SSSR count). The van der Waals surface area contributed by atoms with Crippen LogP contribution in [0.3, 0.4) is 0 Å². The predicted octanol–water partition coefficient (Wildman–Crippen LogP) is 1.92. The molecule has 0 radical (unpaired) electrons. The van der Waals surface area contributed by atoms with Crippen LogP contribution >= 0.6 is 0 Å². The highest BCUT2D eigenvalue weighted by molar-refractivity contribution is 6.01. The first kappa shape index (κ1) is 12.8. The Balaban J connectivity index is 2.29. The summed E-state index contributed by atoms with van der Waals surface area (Å²) in [5.41, 5.74) is 0.934. The Bertz CT molecular complexity index is 623. The van der Waals surface area contributed by atoms with Crippen molar-refractivity contribution in [2.24, 2.45) is 7.05 Å². The van der Waals surface area contributed by atoms with E-state index in [9.17, 15) is 10.1 Å². The molecule has 5 heteroatoms. The van der Waals surface area contributed by atoms with Gasteiger partial charge in [0, 0.05) is 13.2 Å². The van der Waals surface area contributed by atoms with E-state index in [1.54, 1.807) is 50.7 Å². The summed E-state index contributed by atoms with van der Waals surface area (Å²) in [5, 5.41) is 13.2. The van der Waals surface area contributed by atoms with Crippen LogP contribution in [0.2, 0.25) is 0 Å². The van der Waals surface area contributed by atoms with Crippen LogP contribution in [0.25, 0.3) is 0 Å². The van der Waals surface area contributed by atoms with E-state index in [1.165, 1.54) is 4.68 Å². The Morgan fingerprint density at radius 2 is 2.05 bits per heavy atom. The molecule has 1 aromatic heterocycles. The van der Waals surface area contributed by atoms with E-state index in [1.807, 2.05) is 6.07 Å². The van der Waals surface area contributed by atoms with Crippen LogP contribution in [-0.2, 0) is 7.05 Å². The van der Waals surface area contributed by atoms with Gasteiger partial charge in [-0.2, -0.15) is 10.4 Å². The Morgan fingerprint density at radius 1 is 1.37 bits per heavy atom. The fourth-order valence-electron chi connectivity index (χ4n) is 1.78. The van der Waals surface area contributed by atoms with E-state index in [2.05, 4.69) is 5.10 Å². The van der Waals surface area contributed by atoms with Crippen LogP contribution in [0.1, 0.15) is 22.0 Å². The highest BCUT2D eigenvalue weighted by Crippen LogP contribution is 2.22. The summed E-state index contributed by atoms with van der Waals surface area (Å²) in [6, 6.07) is 10.5. The lowest BCUT2D eigenvalue weighted by Gasteiger charge is -2.07. The Hall–Kier alpha value is -2.61. The van der Waals surface area contributed by atoms with Gasteiger partial charge in [0.2, 0.25) is 5.78 Å². The molecule has 2 aromatic rings. The number of ether oxygens (including phenoxy) is 1. The largest absolute Gasteiger partial charge is 0.497 e. The number of ketones is 1. The Kier molecular flexibility index (Phi) is 3.62. The van der Waals surface area contributed by atoms with Gasteiger partial charge >= 0.3 is 0 Å². The number of methoxy groups -OCH3 is 1. The zero-order valence-electron chi connectivity index (χ0n) is 10.7. The van der Waals surface area contributed by atoms with Crippen molar-refractivity contribution in [3.05, 3.63) is 47.8 Å². The number of carbonyl (C=O) groups excluding carboxylic acids is 1. The normalized spacial score (nSPS) is 11.6. The number of hydrogen-bond donors (Lipinski definition) is 0. The Labute approximate surface area is 111 Å². The monoisotopic (exact) mass is 255 g/mol. The number of rotatable bonds is 4. The van der Waals surface area contributed by atoms with Crippen LogP contribution in [0.5, 0.6) is 5.75 Å². The fourth-order valence-corrected chi connectivity index (χ4v) is 1.78. The molecule has 0 saturated carbocycles. The molecule has 0 amide bonds. The molecule has 0 bridgehead atoms. The summed E-state index contributed by atoms with van der Waals surface area (Å²) in [4.78, 5) is 12.2. The average molecular weight is 255 g/mol. The highest BCUT2D eigenvalue weighted by Gasteiger charge is 2.23. The van der Waals surface area contributed by atoms with Gasteiger partial charge in [-0.3, -0.25) is 9.48 Å². The van der Waals surface area contributed by atoms with Gasteiger partial charge in [0.1, 0.15) is 17.4 Å². The summed E-state index contributed by atoms with van der Waals surface area (Å²) < 4.78 is 6.58. The lowest BCUT2D eigenvalue weighted by atomic mass is 9.94. The molecule has 0 saturated heterocycles. The van der Waals surface area contributed by atoms with E-state index in [4.69, 9.17) is 4.74 Å². The number of nitrogens with zero attached hydrogens (tertiary/aromatic N) is 3. The molecule has 0 spiro atoms. The minimum atomic E-state index is -0.846. The van der Waals surface area contributed by atoms with Crippen molar-refractivity contribution >= 4 is 5.78 Å². The second-order valence-electron chi connectivity index (χ2n) is 4.07. The fraction of sp³-hybridized carbons (Fsp3) is 0.214. The van der Waals surface area contributed by atoms with Crippen LogP contribution in [0, 0.1) is 11.3 Å². The lowest BCUT2D eigenvalue weighted by molar-refractivity contribution is 0.0973. The maximum Gasteiger partial charge on any atom is 0.204 e. The van der Waals surface area contributed by atoms with E-state index in [0.717, 1.165) is 0 Å². The van der Waals surface area contributed by atoms with Gasteiger partial charge < -0.3 is 4.74 Å². The van der Waals surface area contributed by atoms with Crippen LogP contribution in [-0.4, -0.2) is 22.7 Å². The molecular weight excluding hydrogens is 242 g/mol. The third-order valence-corrected chi connectivity index (χ3v) is 2.81. The number of carbonyl (C=O) groups is 1. The van der Waals surface area contributed by atoms with E-state index < -0.39 is 5.92 Å². The zero-order valence-corrected chi connectivity index (χ0v) is 10.7. The average Bonchev–Trinajstić information content (AvgIpc) is 2.87. The van der Waals surface area contributed by atoms with Crippen molar-refractivity contribution in [1.82, 2.24) is 9.78 Å². The third kappa shape index (κ3) is 2.63. The maximum absolute atomic E-state index is 12.2. The molecule has 0 aliphatic heterocycles. The molecule has 0 N–H and O–H groups in total. The molecular formula is C14H13N3O2. The molecule has 0 aliphatic carbocycles. The SMILES string of the molecule is COc1ccc(C(C#N)C(=O)c2ccn(C)n2)cc1. The van der Waals surface area contributed by atoms with E-state index in [-0.39, 0.29) is 5.78 Å². The van der Waals surface area contributed by atoms with Crippen molar-refractivity contribution in [3.63, 3.8) is 0 Å². The quantitative estimate of drug-likeness (QED) is 0.783. The van der Waals surface area contributed by atoms with Gasteiger partial charge in [-0.1, -0.05) is 12.1 Å². The van der Waals surface area contributed by atoms with Gasteiger partial charge in [0.15, 0.2) is 0 Å². The molecule has 0 fully saturated rings. The summed E-state index contributed by atoms with van der Waals surface area (Å²) in [7, 11) is 3.29. The Morgan fingerprint density at radius 3 is 2.53 bits per heavy atom. The zero-order chi connectivity index (χ0) is 13.8. The van der Waals surface area contributed by atoms with E-state index in [0.29, 0.717) is 17.0 Å². The smallest absolute Gasteiger partial charge is 0.204 e. The van der Waals surface area contributed by atoms with Gasteiger partial charge in [-0.25, -0.2) is 0 Å². The highest BCUT2D eigenvalue weighted by atomic mass is 16.5. The van der Waals surface area contributed by atoms with E-state index >= 15 is 0 Å². The number of benzene rings is 1. The molecule has 19 heavy (non-hydrogen) atoms. The first-order chi connectivity index (χ1) is 9.15. The molecule has 96 valence electrons. The summed E-state index contributed by atoms with van der Waals surface area (Å²) in [6.07, 6.45) is 1.68. The summed E-state index contributed by atoms with van der Waals surface area (Å²) >= 11 is 0. The van der Waals surface area contributed by atoms with Gasteiger partial charge in [0.05, 0.1) is 13.2 Å². The summed E-state index contributed by atoms with van der Waals surface area (Å²) in [6.45, 7) is 0. The third-order valence-electron chi connectivity index (χ3n) is 2.81. The van der Waals surface area contributed by atoms with Crippen molar-refractivity contribution in [2.75, 3.05) is 7.11 Å². The lowest BCUT2D eigenvalue weighted by Crippen LogP contribution is -2.12. The minimum absolute atomic E-state index is 0.296. The predicted molar refractivity (Wildman–Crippen MR) is 68.9 cm³/mol. The maximum atomic E-state index is 12.2. The van der Waals surface area contributed by atoms with Crippen molar-refractivity contribution in [1.29, 1.82) is 5.26 Å². The number of nitriles is 1. The number of hydrogen-bond acceptors (Lipinski definition) is 4. The molecule has 1 unspecified atom stereocenters. The van der Waals surface area contributed by atoms with Gasteiger partial charge in [-0.15, -0.1) is 0 Å². The molecule has 1 heterocycles. The van der Waals surface area contributed by atoms with Crippen molar-refractivity contribution in [2.45, 2.75) is 5.92 Å². The second-order valence-corrected chi connectivity index (χ2v) is 4.07. The molecule has 1 atom stereocenters. The molecule has 5 nitrogen and oxygen atoms in total. The number of aryl methyl sites for hydroxylation is 1. The minimum Gasteiger partial charge on any atom is -0.497 e. The van der Waals surface area contributed by atoms with Gasteiger partial charge in [-0.05, 0) is 23.8 Å². The van der Waals surface area contributed by atoms with Gasteiger partial charge in [0.25, 0.3) is 0 Å². The second kappa shape index (κ2) is 5.36. The summed E-state index contributed by atoms with van der Waals surface area (Å²) in [5.74, 6) is -0.459. The van der Waals surface area contributed by atoms with Crippen LogP contribution in [0.4, 0.5) is 0 Å². The van der Waals surface area contributed by atoms with Crippen molar-refractivity contribution < 1.29 is 9.53 Å². The first-order valence-electron chi connectivity index (χ1n) is 5.73. The number of Topliss-reactive ketones (excluding diaryl/α,β-unsaturated/α-hetero) is 1. The first-order valence-corrected chi connectivity index (χ1v) is 5.73. The molecule has 1 aromatic carbocycles. The number of aromatic nitrogens is 2. The topological polar surface area (TPSA) is 67.9 Å². The molecule has 0 aliphatic rings. The standard InChI is InChI=1S/C14H13N3O2/c1-17-8-7-13(16-17)14(18)12(9-15)10-3-5-11(19-2)6-4-10/h3-8,12H,1-2H3. The van der Waals surface area contributed by atoms with Crippen LogP contribution < -0.4 is 4.74 Å². The van der Waals surface area contributed by atoms with Crippen molar-refractivity contribution in [3.8, 4) is 11.8 Å². The van der Waals surface area contributed by atoms with Crippen LogP contribution in [0.15, 0.2) is 36.5 Å².